The fourth-order valence-corrected chi connectivity index (χ4v) is 1.29. The van der Waals surface area contributed by atoms with Crippen molar-refractivity contribution in [1.82, 2.24) is 14.8 Å². The fraction of sp³-hybridized carbons (Fsp3) is 0.111. The van der Waals surface area contributed by atoms with E-state index in [4.69, 9.17) is 5.73 Å². The van der Waals surface area contributed by atoms with Gasteiger partial charge in [-0.25, -0.2) is 13.2 Å². The highest BCUT2D eigenvalue weighted by atomic mass is 19.2. The van der Waals surface area contributed by atoms with Crippen LogP contribution >= 0.6 is 0 Å². The minimum atomic E-state index is -1.53. The van der Waals surface area contributed by atoms with E-state index < -0.39 is 17.5 Å². The summed E-state index contributed by atoms with van der Waals surface area (Å²) in [6.45, 7) is 1.57. The summed E-state index contributed by atoms with van der Waals surface area (Å²) < 4.78 is 39.6. The smallest absolute Gasteiger partial charge is 0.223 e. The summed E-state index contributed by atoms with van der Waals surface area (Å²) in [5.74, 6) is -3.81. The second kappa shape index (κ2) is 3.51. The number of benzene rings is 1. The average molecular weight is 228 g/mol. The lowest BCUT2D eigenvalue weighted by Crippen LogP contribution is -2.04. The van der Waals surface area contributed by atoms with E-state index >= 15 is 0 Å². The van der Waals surface area contributed by atoms with Crippen LogP contribution in [0.5, 0.6) is 0 Å². The van der Waals surface area contributed by atoms with Gasteiger partial charge < -0.3 is 5.73 Å². The van der Waals surface area contributed by atoms with E-state index in [1.54, 1.807) is 6.92 Å². The zero-order chi connectivity index (χ0) is 11.9. The first-order chi connectivity index (χ1) is 7.49. The van der Waals surface area contributed by atoms with Gasteiger partial charge in [0.25, 0.3) is 0 Å². The highest BCUT2D eigenvalue weighted by Gasteiger charge is 2.14. The Balaban J connectivity index is 2.61. The Bertz CT molecular complexity index is 527. The van der Waals surface area contributed by atoms with Crippen molar-refractivity contribution in [2.24, 2.45) is 0 Å². The third-order valence-corrected chi connectivity index (χ3v) is 1.95. The molecule has 0 spiro atoms. The summed E-state index contributed by atoms with van der Waals surface area (Å²) in [5.41, 5.74) is 5.44. The maximum absolute atomic E-state index is 12.9. The standard InChI is InChI=1S/C9H7F3N4/c1-4-14-9(13)16(15-4)5-2-6(10)8(12)7(11)3-5/h2-3H,1H3,(H2,13,14,15). The topological polar surface area (TPSA) is 56.7 Å². The monoisotopic (exact) mass is 228 g/mol. The van der Waals surface area contributed by atoms with Crippen LogP contribution in [0, 0.1) is 24.4 Å². The van der Waals surface area contributed by atoms with Crippen molar-refractivity contribution >= 4 is 5.95 Å². The molecule has 0 fully saturated rings. The third kappa shape index (κ3) is 1.60. The molecule has 84 valence electrons. The van der Waals surface area contributed by atoms with Gasteiger partial charge in [0.1, 0.15) is 5.82 Å². The number of hydrogen-bond acceptors (Lipinski definition) is 3. The number of aromatic nitrogens is 3. The lowest BCUT2D eigenvalue weighted by molar-refractivity contribution is 0.446. The van der Waals surface area contributed by atoms with Gasteiger partial charge in [0.15, 0.2) is 17.5 Å². The molecule has 2 N–H and O–H groups in total. The summed E-state index contributed by atoms with van der Waals surface area (Å²) in [6, 6.07) is 1.59. The Morgan fingerprint density at radius 1 is 1.19 bits per heavy atom. The summed E-state index contributed by atoms with van der Waals surface area (Å²) in [5, 5.41) is 3.82. The molecule has 2 rings (SSSR count). The average Bonchev–Trinajstić information content (AvgIpc) is 2.53. The summed E-state index contributed by atoms with van der Waals surface area (Å²) in [7, 11) is 0. The molecule has 4 nitrogen and oxygen atoms in total. The van der Waals surface area contributed by atoms with Crippen molar-refractivity contribution in [3.05, 3.63) is 35.4 Å². The molecule has 16 heavy (non-hydrogen) atoms. The molecule has 0 aliphatic heterocycles. The first kappa shape index (κ1) is 10.5. The van der Waals surface area contributed by atoms with Gasteiger partial charge in [-0.15, -0.1) is 5.10 Å². The van der Waals surface area contributed by atoms with Gasteiger partial charge in [-0.05, 0) is 6.92 Å². The highest BCUT2D eigenvalue weighted by molar-refractivity contribution is 5.38. The molecule has 7 heteroatoms. The molecule has 0 amide bonds. The Morgan fingerprint density at radius 2 is 1.75 bits per heavy atom. The van der Waals surface area contributed by atoms with E-state index in [2.05, 4.69) is 10.1 Å². The van der Waals surface area contributed by atoms with Crippen LogP contribution in [-0.2, 0) is 0 Å². The van der Waals surface area contributed by atoms with Crippen molar-refractivity contribution in [2.75, 3.05) is 5.73 Å². The summed E-state index contributed by atoms with van der Waals surface area (Å²) >= 11 is 0. The van der Waals surface area contributed by atoms with Gasteiger partial charge in [-0.2, -0.15) is 9.67 Å². The zero-order valence-electron chi connectivity index (χ0n) is 8.21. The zero-order valence-corrected chi connectivity index (χ0v) is 8.21. The van der Waals surface area contributed by atoms with Gasteiger partial charge >= 0.3 is 0 Å². The van der Waals surface area contributed by atoms with Gasteiger partial charge in [-0.3, -0.25) is 0 Å². The molecule has 0 unspecified atom stereocenters. The molecule has 0 aliphatic carbocycles. The molecule has 0 saturated carbocycles. The third-order valence-electron chi connectivity index (χ3n) is 1.95. The number of nitrogens with two attached hydrogens (primary N) is 1. The number of aryl methyl sites for hydroxylation is 1. The van der Waals surface area contributed by atoms with Crippen LogP contribution in [0.3, 0.4) is 0 Å². The van der Waals surface area contributed by atoms with Crippen molar-refractivity contribution in [1.29, 1.82) is 0 Å². The first-order valence-electron chi connectivity index (χ1n) is 4.33. The molecule has 0 atom stereocenters. The number of anilines is 1. The largest absolute Gasteiger partial charge is 0.368 e. The van der Waals surface area contributed by atoms with Gasteiger partial charge in [0, 0.05) is 12.1 Å². The number of halogens is 3. The number of hydrogen-bond donors (Lipinski definition) is 1. The lowest BCUT2D eigenvalue weighted by Gasteiger charge is -2.03. The highest BCUT2D eigenvalue weighted by Crippen LogP contribution is 2.18. The first-order valence-corrected chi connectivity index (χ1v) is 4.33. The molecular formula is C9H7F3N4. The van der Waals surface area contributed by atoms with E-state index in [0.29, 0.717) is 5.82 Å². The predicted octanol–water partition coefficient (Wildman–Crippen LogP) is 1.58. The van der Waals surface area contributed by atoms with Crippen molar-refractivity contribution < 1.29 is 13.2 Å². The number of nitrogens with zero attached hydrogens (tertiary/aromatic N) is 3. The Labute approximate surface area is 88.5 Å². The Morgan fingerprint density at radius 3 is 2.19 bits per heavy atom. The molecule has 0 radical (unpaired) electrons. The summed E-state index contributed by atoms with van der Waals surface area (Å²) in [4.78, 5) is 3.76. The second-order valence-corrected chi connectivity index (χ2v) is 3.15. The van der Waals surface area contributed by atoms with Crippen molar-refractivity contribution in [3.8, 4) is 5.69 Å². The second-order valence-electron chi connectivity index (χ2n) is 3.15. The van der Waals surface area contributed by atoms with Crippen LogP contribution in [0.15, 0.2) is 12.1 Å². The molecule has 0 bridgehead atoms. The van der Waals surface area contributed by atoms with E-state index in [9.17, 15) is 13.2 Å². The van der Waals surface area contributed by atoms with E-state index in [1.807, 2.05) is 0 Å². The normalized spacial score (nSPS) is 10.8. The Hall–Kier alpha value is -2.05. The predicted molar refractivity (Wildman–Crippen MR) is 50.4 cm³/mol. The van der Waals surface area contributed by atoms with Gasteiger partial charge in [0.05, 0.1) is 5.69 Å². The maximum atomic E-state index is 12.9. The Kier molecular flexibility index (Phi) is 2.30. The fourth-order valence-electron chi connectivity index (χ4n) is 1.29. The van der Waals surface area contributed by atoms with E-state index in [0.717, 1.165) is 16.8 Å². The van der Waals surface area contributed by atoms with Crippen molar-refractivity contribution in [2.45, 2.75) is 6.92 Å². The van der Waals surface area contributed by atoms with Crippen LogP contribution in [0.1, 0.15) is 5.82 Å². The van der Waals surface area contributed by atoms with Crippen LogP contribution < -0.4 is 5.73 Å². The molecule has 0 aliphatic rings. The molecular weight excluding hydrogens is 221 g/mol. The number of rotatable bonds is 1. The summed E-state index contributed by atoms with van der Waals surface area (Å²) in [6.07, 6.45) is 0. The minimum Gasteiger partial charge on any atom is -0.368 e. The van der Waals surface area contributed by atoms with Gasteiger partial charge in [-0.1, -0.05) is 0 Å². The lowest BCUT2D eigenvalue weighted by atomic mass is 10.3. The quantitative estimate of drug-likeness (QED) is 0.754. The molecule has 1 heterocycles. The van der Waals surface area contributed by atoms with Crippen molar-refractivity contribution in [3.63, 3.8) is 0 Å². The van der Waals surface area contributed by atoms with E-state index in [-0.39, 0.29) is 11.6 Å². The van der Waals surface area contributed by atoms with Crippen LogP contribution in [0.2, 0.25) is 0 Å². The number of nitrogen functional groups attached to an aromatic ring is 1. The molecule has 0 saturated heterocycles. The van der Waals surface area contributed by atoms with E-state index in [1.165, 1.54) is 0 Å². The molecule has 1 aromatic heterocycles. The maximum Gasteiger partial charge on any atom is 0.223 e. The SMILES string of the molecule is Cc1nc(N)n(-c2cc(F)c(F)c(F)c2)n1. The molecule has 1 aromatic carbocycles. The van der Waals surface area contributed by atoms with Crippen LogP contribution in [-0.4, -0.2) is 14.8 Å². The molecule has 2 aromatic rings. The van der Waals surface area contributed by atoms with Gasteiger partial charge in [0.2, 0.25) is 5.95 Å². The van der Waals surface area contributed by atoms with Crippen LogP contribution in [0.4, 0.5) is 19.1 Å². The van der Waals surface area contributed by atoms with Crippen LogP contribution in [0.25, 0.3) is 5.69 Å². The minimum absolute atomic E-state index is 0.0190.